The highest BCUT2D eigenvalue weighted by atomic mass is 32.1. The third-order valence-electron chi connectivity index (χ3n) is 6.47. The maximum Gasteiger partial charge on any atom is 0.257 e. The van der Waals surface area contributed by atoms with E-state index in [1.54, 1.807) is 19.4 Å². The molecule has 7 nitrogen and oxygen atoms in total. The lowest BCUT2D eigenvalue weighted by Crippen LogP contribution is -2.22. The number of benzene rings is 1. The van der Waals surface area contributed by atoms with Crippen LogP contribution in [0.15, 0.2) is 24.4 Å². The molecule has 0 spiro atoms. The Bertz CT molecular complexity index is 1130. The van der Waals surface area contributed by atoms with Gasteiger partial charge in [-0.3, -0.25) is 10.1 Å². The third-order valence-corrected chi connectivity index (χ3v) is 7.49. The Labute approximate surface area is 191 Å². The molecule has 0 bridgehead atoms. The zero-order valence-corrected chi connectivity index (χ0v) is 19.3. The number of carbonyl (C=O) groups excluding carboxylic acids is 1. The first-order valence-electron chi connectivity index (χ1n) is 11.2. The minimum Gasteiger partial charge on any atom is -0.494 e. The van der Waals surface area contributed by atoms with E-state index < -0.39 is 0 Å². The van der Waals surface area contributed by atoms with Crippen molar-refractivity contribution in [1.82, 2.24) is 9.97 Å². The van der Waals surface area contributed by atoms with E-state index in [1.807, 2.05) is 13.0 Å². The van der Waals surface area contributed by atoms with Crippen molar-refractivity contribution in [3.63, 3.8) is 0 Å². The lowest BCUT2D eigenvalue weighted by Gasteiger charge is -2.23. The van der Waals surface area contributed by atoms with Crippen molar-refractivity contribution in [2.45, 2.75) is 38.5 Å². The van der Waals surface area contributed by atoms with Gasteiger partial charge in [-0.25, -0.2) is 9.97 Å². The molecular formula is C24H28N4O3S. The second-order valence-electron chi connectivity index (χ2n) is 8.40. The number of thiazole rings is 1. The molecule has 1 aromatic carbocycles. The SMILES string of the molecule is COc1ccc(C2CCOCC2)c2sc(NC(=O)c3ccnc(N4CCCC4)c3C)nc12. The first kappa shape index (κ1) is 21.2. The Kier molecular flexibility index (Phi) is 5.97. The predicted molar refractivity (Wildman–Crippen MR) is 127 cm³/mol. The normalized spacial score (nSPS) is 17.1. The zero-order chi connectivity index (χ0) is 22.1. The van der Waals surface area contributed by atoms with Crippen LogP contribution in [0.2, 0.25) is 0 Å². The fourth-order valence-electron chi connectivity index (χ4n) is 4.73. The topological polar surface area (TPSA) is 76.6 Å². The smallest absolute Gasteiger partial charge is 0.257 e. The van der Waals surface area contributed by atoms with Gasteiger partial charge in [0.05, 0.1) is 11.8 Å². The van der Waals surface area contributed by atoms with Crippen LogP contribution in [0.25, 0.3) is 10.2 Å². The van der Waals surface area contributed by atoms with Crippen LogP contribution in [0.3, 0.4) is 0 Å². The molecule has 1 N–H and O–H groups in total. The molecule has 168 valence electrons. The van der Waals surface area contributed by atoms with Crippen LogP contribution >= 0.6 is 11.3 Å². The van der Waals surface area contributed by atoms with Crippen LogP contribution in [0.5, 0.6) is 5.75 Å². The number of ether oxygens (including phenoxy) is 2. The molecule has 0 radical (unpaired) electrons. The van der Waals surface area contributed by atoms with Gasteiger partial charge in [-0.05, 0) is 56.2 Å². The van der Waals surface area contributed by atoms with Crippen molar-refractivity contribution in [2.24, 2.45) is 0 Å². The summed E-state index contributed by atoms with van der Waals surface area (Å²) in [6.45, 7) is 5.51. The summed E-state index contributed by atoms with van der Waals surface area (Å²) >= 11 is 1.52. The Morgan fingerprint density at radius 1 is 1.22 bits per heavy atom. The van der Waals surface area contributed by atoms with Crippen LogP contribution in [-0.2, 0) is 4.74 Å². The summed E-state index contributed by atoms with van der Waals surface area (Å²) in [5.41, 5.74) is 3.62. The number of pyridine rings is 1. The highest BCUT2D eigenvalue weighted by Crippen LogP contribution is 2.40. The molecule has 0 unspecified atom stereocenters. The minimum absolute atomic E-state index is 0.156. The largest absolute Gasteiger partial charge is 0.494 e. The van der Waals surface area contributed by atoms with Gasteiger partial charge in [0.1, 0.15) is 17.1 Å². The summed E-state index contributed by atoms with van der Waals surface area (Å²) in [5.74, 6) is 1.91. The van der Waals surface area contributed by atoms with Crippen molar-refractivity contribution in [3.8, 4) is 5.75 Å². The molecule has 4 heterocycles. The van der Waals surface area contributed by atoms with Gasteiger partial charge in [-0.2, -0.15) is 0 Å². The Morgan fingerprint density at radius 2 is 2.00 bits per heavy atom. The van der Waals surface area contributed by atoms with E-state index in [1.165, 1.54) is 29.7 Å². The van der Waals surface area contributed by atoms with Gasteiger partial charge >= 0.3 is 0 Å². The van der Waals surface area contributed by atoms with Gasteiger partial charge in [0, 0.05) is 43.6 Å². The molecule has 2 aliphatic rings. The molecule has 2 fully saturated rings. The van der Waals surface area contributed by atoms with Gasteiger partial charge in [0.2, 0.25) is 0 Å². The number of fused-ring (bicyclic) bond motifs is 1. The lowest BCUT2D eigenvalue weighted by molar-refractivity contribution is 0.0856. The second-order valence-corrected chi connectivity index (χ2v) is 9.39. The molecule has 0 saturated carbocycles. The monoisotopic (exact) mass is 452 g/mol. The number of nitrogens with one attached hydrogen (secondary N) is 1. The molecule has 8 heteroatoms. The Hall–Kier alpha value is -2.71. The van der Waals surface area contributed by atoms with E-state index in [4.69, 9.17) is 14.5 Å². The minimum atomic E-state index is -0.156. The van der Waals surface area contributed by atoms with E-state index in [0.717, 1.165) is 66.5 Å². The molecule has 0 aliphatic carbocycles. The molecule has 5 rings (SSSR count). The molecular weight excluding hydrogens is 424 g/mol. The van der Waals surface area contributed by atoms with Gasteiger partial charge in [-0.1, -0.05) is 17.4 Å². The summed E-state index contributed by atoms with van der Waals surface area (Å²) in [5, 5.41) is 3.61. The summed E-state index contributed by atoms with van der Waals surface area (Å²) in [7, 11) is 1.65. The molecule has 2 aromatic heterocycles. The number of amides is 1. The first-order chi connectivity index (χ1) is 15.7. The molecule has 2 aliphatic heterocycles. The molecule has 1 amide bonds. The zero-order valence-electron chi connectivity index (χ0n) is 18.5. The van der Waals surface area contributed by atoms with Crippen molar-refractivity contribution in [3.05, 3.63) is 41.1 Å². The van der Waals surface area contributed by atoms with E-state index in [9.17, 15) is 4.79 Å². The summed E-state index contributed by atoms with van der Waals surface area (Å²) < 4.78 is 12.2. The Morgan fingerprint density at radius 3 is 2.75 bits per heavy atom. The average molecular weight is 453 g/mol. The van der Waals surface area contributed by atoms with E-state index in [-0.39, 0.29) is 5.91 Å². The number of methoxy groups -OCH3 is 1. The number of rotatable bonds is 5. The van der Waals surface area contributed by atoms with Gasteiger partial charge in [-0.15, -0.1) is 0 Å². The van der Waals surface area contributed by atoms with Gasteiger partial charge < -0.3 is 14.4 Å². The van der Waals surface area contributed by atoms with Gasteiger partial charge in [0.25, 0.3) is 5.91 Å². The third kappa shape index (κ3) is 3.93. The summed E-state index contributed by atoms with van der Waals surface area (Å²) in [6.07, 6.45) is 6.05. The van der Waals surface area contributed by atoms with Crippen molar-refractivity contribution < 1.29 is 14.3 Å². The summed E-state index contributed by atoms with van der Waals surface area (Å²) in [6, 6.07) is 5.90. The van der Waals surface area contributed by atoms with Crippen LogP contribution < -0.4 is 15.0 Å². The highest BCUT2D eigenvalue weighted by Gasteiger charge is 2.24. The van der Waals surface area contributed by atoms with E-state index >= 15 is 0 Å². The quantitative estimate of drug-likeness (QED) is 0.602. The van der Waals surface area contributed by atoms with Crippen molar-refractivity contribution >= 4 is 38.4 Å². The number of aromatic nitrogens is 2. The van der Waals surface area contributed by atoms with Crippen LogP contribution in [-0.4, -0.2) is 49.3 Å². The highest BCUT2D eigenvalue weighted by molar-refractivity contribution is 7.22. The van der Waals surface area contributed by atoms with Crippen molar-refractivity contribution in [2.75, 3.05) is 43.6 Å². The van der Waals surface area contributed by atoms with E-state index in [2.05, 4.69) is 21.3 Å². The number of hydrogen-bond acceptors (Lipinski definition) is 7. The molecule has 2 saturated heterocycles. The molecule has 0 atom stereocenters. The molecule has 32 heavy (non-hydrogen) atoms. The maximum absolute atomic E-state index is 13.2. The standard InChI is InChI=1S/C24H28N4O3S/c1-15-17(7-10-25-22(15)28-11-3-4-12-28)23(29)27-24-26-20-19(30-2)6-5-18(21(20)32-24)16-8-13-31-14-9-16/h5-7,10,16H,3-4,8-9,11-14H2,1-2H3,(H,26,27,29). The number of carbonyl (C=O) groups is 1. The number of hydrogen-bond donors (Lipinski definition) is 1. The fraction of sp³-hybridized carbons (Fsp3) is 0.458. The van der Waals surface area contributed by atoms with Crippen LogP contribution in [0.4, 0.5) is 10.9 Å². The number of anilines is 2. The maximum atomic E-state index is 13.2. The number of nitrogens with zero attached hydrogens (tertiary/aromatic N) is 3. The second kappa shape index (κ2) is 9.03. The van der Waals surface area contributed by atoms with Gasteiger partial charge in [0.15, 0.2) is 5.13 Å². The Balaban J connectivity index is 1.45. The average Bonchev–Trinajstić information content (AvgIpc) is 3.49. The molecule has 3 aromatic rings. The lowest BCUT2D eigenvalue weighted by atomic mass is 9.91. The summed E-state index contributed by atoms with van der Waals surface area (Å²) in [4.78, 5) is 24.7. The van der Waals surface area contributed by atoms with Crippen LogP contribution in [0.1, 0.15) is 53.1 Å². The van der Waals surface area contributed by atoms with Crippen molar-refractivity contribution in [1.29, 1.82) is 0 Å². The predicted octanol–water partition coefficient (Wildman–Crippen LogP) is 4.75. The van der Waals surface area contributed by atoms with Crippen LogP contribution in [0, 0.1) is 6.92 Å². The van der Waals surface area contributed by atoms with E-state index in [0.29, 0.717) is 16.6 Å². The fourth-order valence-corrected chi connectivity index (χ4v) is 5.80. The first-order valence-corrected chi connectivity index (χ1v) is 12.0.